The lowest BCUT2D eigenvalue weighted by Crippen LogP contribution is -2.43. The first-order valence-electron chi connectivity index (χ1n) is 9.36. The number of H-pyrrole nitrogens is 1. The molecular weight excluding hydrogens is 350 g/mol. The van der Waals surface area contributed by atoms with E-state index in [0.717, 1.165) is 42.7 Å². The molecule has 142 valence electrons. The Morgan fingerprint density at radius 2 is 2.15 bits per heavy atom. The highest BCUT2D eigenvalue weighted by atomic mass is 35.5. The van der Waals surface area contributed by atoms with Gasteiger partial charge in [0.25, 0.3) is 0 Å². The zero-order valence-electron chi connectivity index (χ0n) is 15.4. The Morgan fingerprint density at radius 3 is 2.81 bits per heavy atom. The number of anilines is 2. The minimum atomic E-state index is -0.0589. The Kier molecular flexibility index (Phi) is 5.44. The van der Waals surface area contributed by atoms with Crippen LogP contribution in [0.5, 0.6) is 0 Å². The van der Waals surface area contributed by atoms with E-state index < -0.39 is 0 Å². The number of rotatable bonds is 4. The van der Waals surface area contributed by atoms with E-state index in [-0.39, 0.29) is 30.3 Å². The molecule has 7 heteroatoms. The Labute approximate surface area is 160 Å². The van der Waals surface area contributed by atoms with E-state index in [2.05, 4.69) is 20.2 Å². The maximum Gasteiger partial charge on any atom is 0.226 e. The third-order valence-electron chi connectivity index (χ3n) is 5.28. The molecule has 26 heavy (non-hydrogen) atoms. The van der Waals surface area contributed by atoms with Gasteiger partial charge in [-0.25, -0.2) is 4.98 Å². The van der Waals surface area contributed by atoms with Crippen LogP contribution in [-0.4, -0.2) is 35.0 Å². The van der Waals surface area contributed by atoms with Crippen LogP contribution in [-0.2, 0) is 4.79 Å². The Bertz CT molecular complexity index is 799. The van der Waals surface area contributed by atoms with Crippen LogP contribution in [0.25, 0.3) is 11.0 Å². The lowest BCUT2D eigenvalue weighted by Gasteiger charge is -2.34. The van der Waals surface area contributed by atoms with Crippen molar-refractivity contribution in [1.29, 1.82) is 0 Å². The molecule has 2 aliphatic rings. The first-order chi connectivity index (χ1) is 12.0. The molecule has 1 aliphatic carbocycles. The van der Waals surface area contributed by atoms with Crippen LogP contribution in [0.3, 0.4) is 0 Å². The van der Waals surface area contributed by atoms with E-state index in [1.54, 1.807) is 0 Å². The van der Waals surface area contributed by atoms with Gasteiger partial charge >= 0.3 is 0 Å². The van der Waals surface area contributed by atoms with Crippen molar-refractivity contribution in [2.24, 2.45) is 11.7 Å². The molecule has 4 rings (SSSR count). The molecule has 1 saturated carbocycles. The second kappa shape index (κ2) is 7.45. The van der Waals surface area contributed by atoms with Crippen LogP contribution in [0.4, 0.5) is 11.4 Å². The van der Waals surface area contributed by atoms with Gasteiger partial charge in [-0.2, -0.15) is 0 Å². The van der Waals surface area contributed by atoms with Gasteiger partial charge in [-0.3, -0.25) is 4.79 Å². The highest BCUT2D eigenvalue weighted by molar-refractivity contribution is 6.07. The second-order valence-electron chi connectivity index (χ2n) is 7.75. The van der Waals surface area contributed by atoms with E-state index in [1.807, 2.05) is 26.2 Å². The first kappa shape index (κ1) is 19.0. The molecule has 1 amide bonds. The topological polar surface area (TPSA) is 87.0 Å². The number of nitrogens with one attached hydrogen (secondary N) is 2. The van der Waals surface area contributed by atoms with Gasteiger partial charge in [0.15, 0.2) is 0 Å². The van der Waals surface area contributed by atoms with E-state index in [1.165, 1.54) is 24.1 Å². The molecule has 4 N–H and O–H groups in total. The van der Waals surface area contributed by atoms with Gasteiger partial charge in [0.05, 0.1) is 16.8 Å². The van der Waals surface area contributed by atoms with Gasteiger partial charge in [-0.15, -0.1) is 12.4 Å². The summed E-state index contributed by atoms with van der Waals surface area (Å²) in [6.07, 6.45) is 8.50. The van der Waals surface area contributed by atoms with Crippen molar-refractivity contribution in [3.63, 3.8) is 0 Å². The van der Waals surface area contributed by atoms with E-state index in [0.29, 0.717) is 5.92 Å². The highest BCUT2D eigenvalue weighted by Gasteiger charge is 2.32. The molecule has 1 atom stereocenters. The smallest absolute Gasteiger partial charge is 0.226 e. The number of nitrogens with two attached hydrogens (primary N) is 1. The Balaban J connectivity index is 0.00000196. The van der Waals surface area contributed by atoms with Crippen LogP contribution >= 0.6 is 12.4 Å². The summed E-state index contributed by atoms with van der Waals surface area (Å²) in [6, 6.07) is 0.205. The van der Waals surface area contributed by atoms with Crippen molar-refractivity contribution in [3.05, 3.63) is 18.0 Å². The van der Waals surface area contributed by atoms with E-state index >= 15 is 0 Å². The summed E-state index contributed by atoms with van der Waals surface area (Å²) in [6.45, 7) is 5.68. The molecule has 3 heterocycles. The molecule has 1 unspecified atom stereocenters. The average molecular weight is 378 g/mol. The molecule has 6 nitrogen and oxygen atoms in total. The summed E-state index contributed by atoms with van der Waals surface area (Å²) in [5.74, 6) is 0.559. The molecule has 2 aromatic rings. The number of piperidine rings is 1. The van der Waals surface area contributed by atoms with Crippen LogP contribution in [0, 0.1) is 5.92 Å². The number of amides is 1. The largest absolute Gasteiger partial charge is 0.369 e. The first-order valence-corrected chi connectivity index (χ1v) is 9.36. The third kappa shape index (κ3) is 3.53. The predicted octanol–water partition coefficient (Wildman–Crippen LogP) is 3.38. The normalized spacial score (nSPS) is 20.3. The van der Waals surface area contributed by atoms with Gasteiger partial charge in [-0.1, -0.05) is 13.8 Å². The fourth-order valence-corrected chi connectivity index (χ4v) is 3.72. The summed E-state index contributed by atoms with van der Waals surface area (Å²) in [5, 5.41) is 4.11. The van der Waals surface area contributed by atoms with Crippen molar-refractivity contribution < 1.29 is 4.79 Å². The van der Waals surface area contributed by atoms with Crippen molar-refractivity contribution in [3.8, 4) is 0 Å². The maximum atomic E-state index is 12.2. The molecule has 0 aromatic carbocycles. The molecular formula is C19H28ClN5O. The summed E-state index contributed by atoms with van der Waals surface area (Å²) in [5.41, 5.74) is 10.4. The third-order valence-corrected chi connectivity index (χ3v) is 5.28. The van der Waals surface area contributed by atoms with Gasteiger partial charge < -0.3 is 20.9 Å². The molecule has 1 saturated heterocycles. The molecule has 2 aromatic heterocycles. The number of nitrogens with zero attached hydrogens (tertiary/aromatic N) is 2. The van der Waals surface area contributed by atoms with Crippen LogP contribution in [0.15, 0.2) is 12.4 Å². The van der Waals surface area contributed by atoms with Gasteiger partial charge in [-0.05, 0) is 37.2 Å². The van der Waals surface area contributed by atoms with Crippen molar-refractivity contribution in [1.82, 2.24) is 9.97 Å². The zero-order valence-corrected chi connectivity index (χ0v) is 16.2. The molecule has 0 spiro atoms. The standard InChI is InChI=1S/C19H27N5O.ClH/c1-11(2)19(25)23-15-9-22-18-16(15)17(14(8-21-18)12-5-6-12)24-7-3-4-13(20)10-24;/h8-9,11-13H,3-7,10,20H2,1-2H3,(H,21,22)(H,23,25);1H. The molecule has 0 radical (unpaired) electrons. The van der Waals surface area contributed by atoms with Crippen LogP contribution in [0.2, 0.25) is 0 Å². The summed E-state index contributed by atoms with van der Waals surface area (Å²) in [7, 11) is 0. The summed E-state index contributed by atoms with van der Waals surface area (Å²) < 4.78 is 0. The fourth-order valence-electron chi connectivity index (χ4n) is 3.72. The lowest BCUT2D eigenvalue weighted by atomic mass is 10.0. The monoisotopic (exact) mass is 377 g/mol. The zero-order chi connectivity index (χ0) is 17.6. The van der Waals surface area contributed by atoms with Crippen LogP contribution < -0.4 is 16.0 Å². The number of carbonyl (C=O) groups excluding carboxylic acids is 1. The number of halogens is 1. The SMILES string of the molecule is CC(C)C(=O)Nc1c[nH]c2ncc(C3CC3)c(N3CCCC(N)C3)c12.Cl. The number of hydrogen-bond donors (Lipinski definition) is 3. The second-order valence-corrected chi connectivity index (χ2v) is 7.75. The molecule has 2 fully saturated rings. The van der Waals surface area contributed by atoms with Crippen LogP contribution in [0.1, 0.15) is 51.0 Å². The molecule has 1 aliphatic heterocycles. The number of hydrogen-bond acceptors (Lipinski definition) is 4. The maximum absolute atomic E-state index is 12.2. The lowest BCUT2D eigenvalue weighted by molar-refractivity contribution is -0.118. The number of aromatic nitrogens is 2. The Hall–Kier alpha value is -1.79. The number of fused-ring (bicyclic) bond motifs is 1. The minimum Gasteiger partial charge on any atom is -0.369 e. The van der Waals surface area contributed by atoms with E-state index in [9.17, 15) is 4.79 Å². The quantitative estimate of drug-likeness (QED) is 0.762. The summed E-state index contributed by atoms with van der Waals surface area (Å²) in [4.78, 5) is 22.5. The van der Waals surface area contributed by atoms with Gasteiger partial charge in [0.1, 0.15) is 5.65 Å². The number of pyridine rings is 1. The number of carbonyl (C=O) groups is 1. The van der Waals surface area contributed by atoms with E-state index in [4.69, 9.17) is 5.73 Å². The molecule has 0 bridgehead atoms. The van der Waals surface area contributed by atoms with Crippen molar-refractivity contribution in [2.45, 2.75) is 51.5 Å². The van der Waals surface area contributed by atoms with Gasteiger partial charge in [0, 0.05) is 37.4 Å². The fraction of sp³-hybridized carbons (Fsp3) is 0.579. The van der Waals surface area contributed by atoms with Crippen molar-refractivity contribution in [2.75, 3.05) is 23.3 Å². The van der Waals surface area contributed by atoms with Crippen molar-refractivity contribution >= 4 is 40.7 Å². The predicted molar refractivity (Wildman–Crippen MR) is 108 cm³/mol. The van der Waals surface area contributed by atoms with Gasteiger partial charge in [0.2, 0.25) is 5.91 Å². The highest BCUT2D eigenvalue weighted by Crippen LogP contribution is 2.48. The summed E-state index contributed by atoms with van der Waals surface area (Å²) >= 11 is 0. The average Bonchev–Trinajstić information content (AvgIpc) is 3.36. The number of aromatic amines is 1. The Morgan fingerprint density at radius 1 is 1.38 bits per heavy atom. The minimum absolute atomic E-state index is 0.